The number of nitrogens with two attached hydrogens (primary N) is 3. The Hall–Kier alpha value is -1.50. The van der Waals surface area contributed by atoms with Crippen LogP contribution in [0.25, 0.3) is 11.2 Å². The molecule has 24 heavy (non-hydrogen) atoms. The van der Waals surface area contributed by atoms with Gasteiger partial charge in [-0.1, -0.05) is 0 Å². The third-order valence-corrected chi connectivity index (χ3v) is 4.66. The summed E-state index contributed by atoms with van der Waals surface area (Å²) in [5.74, 6) is 1.02. The number of fused-ring (bicyclic) bond motifs is 1. The van der Waals surface area contributed by atoms with Gasteiger partial charge in [0.1, 0.15) is 17.7 Å². The van der Waals surface area contributed by atoms with E-state index in [0.717, 1.165) is 0 Å². The summed E-state index contributed by atoms with van der Waals surface area (Å²) in [5.41, 5.74) is 18.1. The van der Waals surface area contributed by atoms with Gasteiger partial charge in [0.25, 0.3) is 0 Å². The Balaban J connectivity index is 2.02. The average molecular weight is 355 g/mol. The summed E-state index contributed by atoms with van der Waals surface area (Å²) < 4.78 is 7.33. The van der Waals surface area contributed by atoms with E-state index in [1.165, 1.54) is 22.7 Å². The molecule has 1 aliphatic rings. The number of nitrogen functional groups attached to an aromatic ring is 1. The van der Waals surface area contributed by atoms with Crippen LogP contribution in [-0.2, 0) is 4.74 Å². The van der Waals surface area contributed by atoms with Crippen LogP contribution in [0.5, 0.6) is 0 Å². The zero-order valence-corrected chi connectivity index (χ0v) is 13.9. The Labute approximate surface area is 142 Å². The van der Waals surface area contributed by atoms with Gasteiger partial charge in [0, 0.05) is 12.3 Å². The van der Waals surface area contributed by atoms with Crippen LogP contribution < -0.4 is 17.2 Å². The minimum absolute atomic E-state index is 0.163. The number of aromatic nitrogens is 4. The van der Waals surface area contributed by atoms with Crippen molar-refractivity contribution in [3.63, 3.8) is 0 Å². The number of aliphatic hydroxyl groups is 2. The molecular formula is C13H21N7O3S. The van der Waals surface area contributed by atoms with Crippen LogP contribution in [0.3, 0.4) is 0 Å². The van der Waals surface area contributed by atoms with E-state index in [1.54, 1.807) is 0 Å². The summed E-state index contributed by atoms with van der Waals surface area (Å²) in [6.07, 6.45) is -0.0557. The second-order valence-electron chi connectivity index (χ2n) is 5.63. The quantitative estimate of drug-likeness (QED) is 0.418. The molecule has 0 spiro atoms. The summed E-state index contributed by atoms with van der Waals surface area (Å²) in [7, 11) is 0. The number of hydrogen-bond donors (Lipinski definition) is 5. The second kappa shape index (κ2) is 6.78. The first-order valence-corrected chi connectivity index (χ1v) is 8.83. The van der Waals surface area contributed by atoms with Crippen LogP contribution >= 0.6 is 11.8 Å². The molecule has 0 aromatic carbocycles. The van der Waals surface area contributed by atoms with Crippen molar-refractivity contribution in [2.24, 2.45) is 11.5 Å². The van der Waals surface area contributed by atoms with Crippen LogP contribution in [0, 0.1) is 0 Å². The molecule has 8 N–H and O–H groups in total. The smallest absolute Gasteiger partial charge is 0.168 e. The molecule has 0 radical (unpaired) electrons. The van der Waals surface area contributed by atoms with Crippen LogP contribution in [0.2, 0.25) is 0 Å². The summed E-state index contributed by atoms with van der Waals surface area (Å²) in [5, 5.41) is 20.5. The van der Waals surface area contributed by atoms with Gasteiger partial charge in [-0.3, -0.25) is 4.57 Å². The van der Waals surface area contributed by atoms with E-state index in [2.05, 4.69) is 15.0 Å². The SMILES string of the molecule is CSC[C@H]1O[C@@H](n2cnc3c(N)nc(C(N)CN)nc32)C(O)C1O. The summed E-state index contributed by atoms with van der Waals surface area (Å²) in [6, 6.07) is -0.565. The first-order chi connectivity index (χ1) is 11.5. The maximum Gasteiger partial charge on any atom is 0.168 e. The molecule has 1 saturated heterocycles. The first kappa shape index (κ1) is 17.3. The summed E-state index contributed by atoms with van der Waals surface area (Å²) in [6.45, 7) is 0.163. The second-order valence-corrected chi connectivity index (χ2v) is 6.55. The Bertz CT molecular complexity index is 727. The topological polar surface area (TPSA) is 171 Å². The van der Waals surface area contributed by atoms with Gasteiger partial charge < -0.3 is 32.2 Å². The van der Waals surface area contributed by atoms with Crippen molar-refractivity contribution in [3.8, 4) is 0 Å². The molecule has 0 amide bonds. The lowest BCUT2D eigenvalue weighted by molar-refractivity contribution is -0.0289. The lowest BCUT2D eigenvalue weighted by Crippen LogP contribution is -2.32. The highest BCUT2D eigenvalue weighted by molar-refractivity contribution is 7.98. The zero-order valence-electron chi connectivity index (χ0n) is 13.1. The number of ether oxygens (including phenoxy) is 1. The summed E-state index contributed by atoms with van der Waals surface area (Å²) >= 11 is 1.52. The van der Waals surface area contributed by atoms with Crippen LogP contribution in [0.4, 0.5) is 5.82 Å². The highest BCUT2D eigenvalue weighted by atomic mass is 32.2. The Morgan fingerprint density at radius 3 is 2.79 bits per heavy atom. The Morgan fingerprint density at radius 2 is 2.12 bits per heavy atom. The molecule has 0 bridgehead atoms. The van der Waals surface area contributed by atoms with Gasteiger partial charge in [-0.15, -0.1) is 0 Å². The van der Waals surface area contributed by atoms with Gasteiger partial charge in [0.15, 0.2) is 23.5 Å². The van der Waals surface area contributed by atoms with Gasteiger partial charge in [-0.25, -0.2) is 15.0 Å². The number of aliphatic hydroxyl groups excluding tert-OH is 2. The Morgan fingerprint density at radius 1 is 1.38 bits per heavy atom. The largest absolute Gasteiger partial charge is 0.387 e. The number of rotatable bonds is 5. The van der Waals surface area contributed by atoms with E-state index in [-0.39, 0.29) is 18.2 Å². The molecule has 1 aliphatic heterocycles. The van der Waals surface area contributed by atoms with Crippen LogP contribution in [0.15, 0.2) is 6.33 Å². The Kier molecular flexibility index (Phi) is 4.90. The lowest BCUT2D eigenvalue weighted by Gasteiger charge is -2.17. The number of anilines is 1. The molecule has 0 saturated carbocycles. The zero-order chi connectivity index (χ0) is 17.4. The maximum absolute atomic E-state index is 10.3. The fraction of sp³-hybridized carbons (Fsp3) is 0.615. The van der Waals surface area contributed by atoms with Crippen molar-refractivity contribution in [2.75, 3.05) is 24.3 Å². The van der Waals surface area contributed by atoms with Crippen molar-refractivity contribution in [2.45, 2.75) is 30.6 Å². The molecule has 1 fully saturated rings. The molecule has 3 heterocycles. The third kappa shape index (κ3) is 2.83. The molecule has 2 aromatic heterocycles. The molecule has 11 heteroatoms. The average Bonchev–Trinajstić information content (AvgIpc) is 3.11. The van der Waals surface area contributed by atoms with Gasteiger partial charge >= 0.3 is 0 Å². The van der Waals surface area contributed by atoms with Gasteiger partial charge in [-0.2, -0.15) is 11.8 Å². The van der Waals surface area contributed by atoms with E-state index < -0.39 is 30.6 Å². The van der Waals surface area contributed by atoms with Crippen molar-refractivity contribution < 1.29 is 14.9 Å². The molecular weight excluding hydrogens is 334 g/mol. The molecule has 132 valence electrons. The van der Waals surface area contributed by atoms with Gasteiger partial charge in [0.2, 0.25) is 0 Å². The normalized spacial score (nSPS) is 28.5. The minimum Gasteiger partial charge on any atom is -0.387 e. The van der Waals surface area contributed by atoms with Crippen molar-refractivity contribution in [1.29, 1.82) is 0 Å². The fourth-order valence-corrected chi connectivity index (χ4v) is 3.28. The van der Waals surface area contributed by atoms with E-state index in [0.29, 0.717) is 16.9 Å². The summed E-state index contributed by atoms with van der Waals surface area (Å²) in [4.78, 5) is 12.7. The van der Waals surface area contributed by atoms with Crippen molar-refractivity contribution in [1.82, 2.24) is 19.5 Å². The molecule has 10 nitrogen and oxygen atoms in total. The van der Waals surface area contributed by atoms with Gasteiger partial charge in [-0.05, 0) is 6.26 Å². The maximum atomic E-state index is 10.3. The van der Waals surface area contributed by atoms with E-state index in [9.17, 15) is 10.2 Å². The van der Waals surface area contributed by atoms with Crippen LogP contribution in [-0.4, -0.2) is 66.6 Å². The number of hydrogen-bond acceptors (Lipinski definition) is 10. The van der Waals surface area contributed by atoms with Crippen molar-refractivity contribution >= 4 is 28.7 Å². The molecule has 2 aromatic rings. The van der Waals surface area contributed by atoms with Crippen molar-refractivity contribution in [3.05, 3.63) is 12.2 Å². The van der Waals surface area contributed by atoms with Gasteiger partial charge in [0.05, 0.1) is 18.5 Å². The van der Waals surface area contributed by atoms with Crippen LogP contribution in [0.1, 0.15) is 18.1 Å². The fourth-order valence-electron chi connectivity index (χ4n) is 2.67. The minimum atomic E-state index is -1.11. The monoisotopic (exact) mass is 355 g/mol. The number of imidazole rings is 1. The lowest BCUT2D eigenvalue weighted by atomic mass is 10.1. The van der Waals surface area contributed by atoms with E-state index in [4.69, 9.17) is 21.9 Å². The highest BCUT2D eigenvalue weighted by Gasteiger charge is 2.44. The molecule has 3 rings (SSSR count). The predicted molar refractivity (Wildman–Crippen MR) is 90.0 cm³/mol. The van der Waals surface area contributed by atoms with E-state index >= 15 is 0 Å². The molecule has 5 atom stereocenters. The number of thioether (sulfide) groups is 1. The predicted octanol–water partition coefficient (Wildman–Crippen LogP) is -1.65. The van der Waals surface area contributed by atoms with E-state index in [1.807, 2.05) is 6.26 Å². The number of nitrogens with zero attached hydrogens (tertiary/aromatic N) is 4. The first-order valence-electron chi connectivity index (χ1n) is 7.44. The standard InChI is InChI=1S/C13H21N7O3S/c1-24-3-6-8(21)9(22)13(23-6)20-4-17-7-10(16)18-11(5(15)2-14)19-12(7)20/h4-6,8-9,13,21-22H,2-3,14-15H2,1H3,(H2,16,18,19)/t5?,6-,8?,9?,13-/m1/s1. The third-order valence-electron chi connectivity index (χ3n) is 3.99. The highest BCUT2D eigenvalue weighted by Crippen LogP contribution is 2.33. The molecule has 3 unspecified atom stereocenters. The molecule has 0 aliphatic carbocycles.